The number of nitrogens with zero attached hydrogens (tertiary/aromatic N) is 1. The van der Waals surface area contributed by atoms with Gasteiger partial charge in [-0.2, -0.15) is 0 Å². The highest BCUT2D eigenvalue weighted by Crippen LogP contribution is 2.24. The molecule has 1 atom stereocenters. The zero-order valence-electron chi connectivity index (χ0n) is 14.7. The Kier molecular flexibility index (Phi) is 5.66. The van der Waals surface area contributed by atoms with Gasteiger partial charge in [-0.15, -0.1) is 11.3 Å². The maximum Gasteiger partial charge on any atom is 0.262 e. The van der Waals surface area contributed by atoms with Gasteiger partial charge in [0.25, 0.3) is 11.8 Å². The normalized spacial score (nSPS) is 14.0. The zero-order chi connectivity index (χ0) is 19.4. The Morgan fingerprint density at radius 1 is 1.00 bits per heavy atom. The molecule has 0 fully saturated rings. The van der Waals surface area contributed by atoms with Gasteiger partial charge in [0.05, 0.1) is 17.5 Å². The van der Waals surface area contributed by atoms with Crippen LogP contribution in [0, 0.1) is 0 Å². The topological polar surface area (TPSA) is 95.6 Å². The summed E-state index contributed by atoms with van der Waals surface area (Å²) in [5, 5.41) is 7.27. The van der Waals surface area contributed by atoms with Crippen LogP contribution in [0.25, 0.3) is 0 Å². The summed E-state index contributed by atoms with van der Waals surface area (Å²) >= 11 is 1.51. The maximum absolute atomic E-state index is 12.4. The number of thiophene rings is 1. The van der Waals surface area contributed by atoms with Crippen LogP contribution < -0.4 is 10.6 Å². The monoisotopic (exact) mass is 385 g/mol. The lowest BCUT2D eigenvalue weighted by molar-refractivity contribution is -0.125. The van der Waals surface area contributed by atoms with Gasteiger partial charge in [0.1, 0.15) is 6.04 Å². The molecule has 0 saturated heterocycles. The number of hydrogen-bond acceptors (Lipinski definition) is 5. The van der Waals surface area contributed by atoms with Crippen LogP contribution in [0.3, 0.4) is 0 Å². The molecule has 1 aromatic carbocycles. The van der Waals surface area contributed by atoms with Crippen molar-refractivity contribution in [2.75, 3.05) is 13.1 Å². The van der Waals surface area contributed by atoms with Crippen molar-refractivity contribution in [2.24, 2.45) is 0 Å². The number of rotatable bonds is 7. The molecule has 0 radical (unpaired) electrons. The minimum absolute atomic E-state index is 0.125. The summed E-state index contributed by atoms with van der Waals surface area (Å²) in [5.74, 6) is -1.51. The van der Waals surface area contributed by atoms with Crippen molar-refractivity contribution < 1.29 is 19.2 Å². The van der Waals surface area contributed by atoms with E-state index in [1.807, 2.05) is 17.5 Å². The first-order valence-electron chi connectivity index (χ1n) is 8.52. The lowest BCUT2D eigenvalue weighted by atomic mass is 10.1. The number of hydrogen-bond donors (Lipinski definition) is 2. The van der Waals surface area contributed by atoms with E-state index in [9.17, 15) is 19.2 Å². The number of carbonyl (C=O) groups excluding carboxylic acids is 4. The molecule has 0 bridgehead atoms. The van der Waals surface area contributed by atoms with Crippen molar-refractivity contribution in [1.29, 1.82) is 0 Å². The van der Waals surface area contributed by atoms with Crippen LogP contribution in [0.1, 0.15) is 32.5 Å². The summed E-state index contributed by atoms with van der Waals surface area (Å²) < 4.78 is 0. The minimum Gasteiger partial charge on any atom is -0.354 e. The Balaban J connectivity index is 1.47. The van der Waals surface area contributed by atoms with E-state index in [4.69, 9.17) is 0 Å². The molecule has 1 aliphatic rings. The van der Waals surface area contributed by atoms with Crippen LogP contribution in [0.15, 0.2) is 41.8 Å². The SMILES string of the molecule is CC(C(=O)NCCNC(=O)Cc1cccs1)N1C(=O)c2ccccc2C1=O. The van der Waals surface area contributed by atoms with Gasteiger partial charge in [0, 0.05) is 18.0 Å². The molecular formula is C19H19N3O4S. The van der Waals surface area contributed by atoms with Gasteiger partial charge in [-0.25, -0.2) is 0 Å². The molecule has 4 amide bonds. The molecule has 1 aliphatic heterocycles. The average Bonchev–Trinajstić information content (AvgIpc) is 3.25. The number of benzene rings is 1. The molecule has 2 heterocycles. The Bertz CT molecular complexity index is 844. The summed E-state index contributed by atoms with van der Waals surface area (Å²) in [5.41, 5.74) is 0.617. The third-order valence-electron chi connectivity index (χ3n) is 4.25. The molecule has 2 aromatic rings. The summed E-state index contributed by atoms with van der Waals surface area (Å²) in [6, 6.07) is 9.34. The minimum atomic E-state index is -0.931. The molecule has 27 heavy (non-hydrogen) atoms. The standard InChI is InChI=1S/C19H19N3O4S/c1-12(22-18(25)14-6-2-3-7-15(14)19(22)26)17(24)21-9-8-20-16(23)11-13-5-4-10-27-13/h2-7,10,12H,8-9,11H2,1H3,(H,20,23)(H,21,24). The van der Waals surface area contributed by atoms with Crippen molar-refractivity contribution in [1.82, 2.24) is 15.5 Å². The number of carbonyl (C=O) groups is 4. The summed E-state index contributed by atoms with van der Waals surface area (Å²) in [6.07, 6.45) is 0.303. The van der Waals surface area contributed by atoms with Crippen LogP contribution in [-0.4, -0.2) is 47.7 Å². The quantitative estimate of drug-likeness (QED) is 0.553. The molecule has 140 valence electrons. The van der Waals surface area contributed by atoms with Crippen molar-refractivity contribution >= 4 is 35.0 Å². The maximum atomic E-state index is 12.4. The largest absolute Gasteiger partial charge is 0.354 e. The van der Waals surface area contributed by atoms with E-state index in [-0.39, 0.29) is 19.0 Å². The van der Waals surface area contributed by atoms with Crippen molar-refractivity contribution in [3.63, 3.8) is 0 Å². The molecule has 7 nitrogen and oxygen atoms in total. The average molecular weight is 385 g/mol. The smallest absolute Gasteiger partial charge is 0.262 e. The first-order chi connectivity index (χ1) is 13.0. The summed E-state index contributed by atoms with van der Waals surface area (Å²) in [7, 11) is 0. The van der Waals surface area contributed by atoms with E-state index >= 15 is 0 Å². The Morgan fingerprint density at radius 3 is 2.22 bits per heavy atom. The first kappa shape index (κ1) is 18.8. The van der Waals surface area contributed by atoms with Crippen molar-refractivity contribution in [3.8, 4) is 0 Å². The molecular weight excluding hydrogens is 366 g/mol. The van der Waals surface area contributed by atoms with Crippen LogP contribution in [0.2, 0.25) is 0 Å². The number of nitrogens with one attached hydrogen (secondary N) is 2. The van der Waals surface area contributed by atoms with Crippen molar-refractivity contribution in [3.05, 3.63) is 57.8 Å². The van der Waals surface area contributed by atoms with Gasteiger partial charge in [0.2, 0.25) is 11.8 Å². The van der Waals surface area contributed by atoms with E-state index in [2.05, 4.69) is 10.6 Å². The third kappa shape index (κ3) is 4.06. The third-order valence-corrected chi connectivity index (χ3v) is 5.13. The molecule has 2 N–H and O–H groups in total. The second-order valence-corrected chi connectivity index (χ2v) is 7.13. The predicted octanol–water partition coefficient (Wildman–Crippen LogP) is 1.21. The van der Waals surface area contributed by atoms with E-state index in [1.165, 1.54) is 18.3 Å². The Morgan fingerprint density at radius 2 is 1.63 bits per heavy atom. The first-order valence-corrected chi connectivity index (χ1v) is 9.40. The molecule has 0 saturated carbocycles. The highest BCUT2D eigenvalue weighted by Gasteiger charge is 2.40. The van der Waals surface area contributed by atoms with E-state index in [1.54, 1.807) is 24.3 Å². The number of fused-ring (bicyclic) bond motifs is 1. The molecule has 1 aromatic heterocycles. The lowest BCUT2D eigenvalue weighted by Gasteiger charge is -2.21. The van der Waals surface area contributed by atoms with Crippen LogP contribution >= 0.6 is 11.3 Å². The predicted molar refractivity (Wildman–Crippen MR) is 100 cm³/mol. The van der Waals surface area contributed by atoms with Gasteiger partial charge in [0.15, 0.2) is 0 Å². The number of amides is 4. The second kappa shape index (κ2) is 8.13. The van der Waals surface area contributed by atoms with Gasteiger partial charge < -0.3 is 10.6 Å². The fourth-order valence-electron chi connectivity index (χ4n) is 2.85. The fourth-order valence-corrected chi connectivity index (χ4v) is 3.55. The van der Waals surface area contributed by atoms with Gasteiger partial charge in [-0.1, -0.05) is 18.2 Å². The molecule has 0 spiro atoms. The van der Waals surface area contributed by atoms with Gasteiger partial charge in [-0.3, -0.25) is 24.1 Å². The summed E-state index contributed by atoms with van der Waals surface area (Å²) in [6.45, 7) is 1.99. The van der Waals surface area contributed by atoms with E-state index in [0.29, 0.717) is 17.5 Å². The molecule has 8 heteroatoms. The van der Waals surface area contributed by atoms with Crippen molar-refractivity contribution in [2.45, 2.75) is 19.4 Å². The fraction of sp³-hybridized carbons (Fsp3) is 0.263. The zero-order valence-corrected chi connectivity index (χ0v) is 15.5. The van der Waals surface area contributed by atoms with Gasteiger partial charge in [-0.05, 0) is 30.5 Å². The highest BCUT2D eigenvalue weighted by molar-refractivity contribution is 7.10. The molecule has 3 rings (SSSR count). The van der Waals surface area contributed by atoms with E-state index < -0.39 is 23.8 Å². The van der Waals surface area contributed by atoms with Gasteiger partial charge >= 0.3 is 0 Å². The molecule has 0 aliphatic carbocycles. The number of imide groups is 1. The lowest BCUT2D eigenvalue weighted by Crippen LogP contribution is -2.49. The van der Waals surface area contributed by atoms with E-state index in [0.717, 1.165) is 9.78 Å². The highest BCUT2D eigenvalue weighted by atomic mass is 32.1. The molecule has 1 unspecified atom stereocenters. The Hall–Kier alpha value is -3.00. The summed E-state index contributed by atoms with van der Waals surface area (Å²) in [4.78, 5) is 50.8. The van der Waals surface area contributed by atoms with Crippen LogP contribution in [-0.2, 0) is 16.0 Å². The Labute approximate surface area is 160 Å². The second-order valence-electron chi connectivity index (χ2n) is 6.10. The van der Waals surface area contributed by atoms with Crippen LogP contribution in [0.5, 0.6) is 0 Å². The van der Waals surface area contributed by atoms with Crippen LogP contribution in [0.4, 0.5) is 0 Å².